The fraction of sp³-hybridized carbons (Fsp3) is 0.400. The molecule has 0 aliphatic carbocycles. The molecule has 2 aromatic rings. The van der Waals surface area contributed by atoms with Crippen molar-refractivity contribution in [3.8, 4) is 0 Å². The van der Waals surface area contributed by atoms with Crippen molar-refractivity contribution >= 4 is 11.3 Å². The largest absolute Gasteiger partial charge is 0.378 e. The summed E-state index contributed by atoms with van der Waals surface area (Å²) in [5, 5.41) is 4.30. The summed E-state index contributed by atoms with van der Waals surface area (Å²) >= 11 is 1.66. The third-order valence-corrected chi connectivity index (χ3v) is 3.98. The van der Waals surface area contributed by atoms with Crippen molar-refractivity contribution in [2.24, 2.45) is 0 Å². The van der Waals surface area contributed by atoms with Crippen LogP contribution in [-0.4, -0.2) is 18.6 Å². The molecular weight excluding hydrogens is 275 g/mol. The van der Waals surface area contributed by atoms with Crippen LogP contribution >= 0.6 is 11.3 Å². The second-order valence-electron chi connectivity index (χ2n) is 4.50. The van der Waals surface area contributed by atoms with Crippen LogP contribution in [0, 0.1) is 5.82 Å². The van der Waals surface area contributed by atoms with Gasteiger partial charge in [-0.15, -0.1) is 11.3 Å². The summed E-state index contributed by atoms with van der Waals surface area (Å²) in [6, 6.07) is 6.66. The summed E-state index contributed by atoms with van der Waals surface area (Å²) in [5.41, 5.74) is 1.92. The van der Waals surface area contributed by atoms with E-state index in [-0.39, 0.29) is 5.82 Å². The predicted molar refractivity (Wildman–Crippen MR) is 79.4 cm³/mol. The molecule has 108 valence electrons. The first-order chi connectivity index (χ1) is 9.72. The van der Waals surface area contributed by atoms with Crippen LogP contribution in [0.15, 0.2) is 24.3 Å². The maximum absolute atomic E-state index is 13.2. The van der Waals surface area contributed by atoms with E-state index in [0.717, 1.165) is 29.4 Å². The molecule has 0 unspecified atom stereocenters. The van der Waals surface area contributed by atoms with Gasteiger partial charge in [0.05, 0.1) is 17.3 Å². The van der Waals surface area contributed by atoms with Gasteiger partial charge in [0.25, 0.3) is 0 Å². The summed E-state index contributed by atoms with van der Waals surface area (Å²) in [5.74, 6) is -0.205. The fourth-order valence-electron chi connectivity index (χ4n) is 1.96. The Kier molecular flexibility index (Phi) is 5.64. The summed E-state index contributed by atoms with van der Waals surface area (Å²) in [7, 11) is 1.67. The molecule has 0 bridgehead atoms. The zero-order chi connectivity index (χ0) is 14.4. The molecule has 5 heteroatoms. The topological polar surface area (TPSA) is 34.2 Å². The van der Waals surface area contributed by atoms with Crippen LogP contribution in [0.1, 0.15) is 28.1 Å². The second kappa shape index (κ2) is 7.47. The van der Waals surface area contributed by atoms with E-state index in [1.54, 1.807) is 30.6 Å². The van der Waals surface area contributed by atoms with Crippen LogP contribution in [0.4, 0.5) is 4.39 Å². The van der Waals surface area contributed by atoms with Gasteiger partial charge in [-0.3, -0.25) is 0 Å². The molecule has 0 fully saturated rings. The lowest BCUT2D eigenvalue weighted by atomic mass is 10.1. The number of nitrogens with zero attached hydrogens (tertiary/aromatic N) is 1. The summed E-state index contributed by atoms with van der Waals surface area (Å²) in [6.45, 7) is 4.31. The minimum absolute atomic E-state index is 0.205. The Morgan fingerprint density at radius 2 is 2.25 bits per heavy atom. The predicted octanol–water partition coefficient (Wildman–Crippen LogP) is 3.13. The SMILES string of the molecule is CCNCc1sc(Cc2cccc(F)c2)nc1COC. The minimum Gasteiger partial charge on any atom is -0.378 e. The van der Waals surface area contributed by atoms with Gasteiger partial charge in [-0.1, -0.05) is 19.1 Å². The van der Waals surface area contributed by atoms with Crippen molar-refractivity contribution in [3.63, 3.8) is 0 Å². The maximum Gasteiger partial charge on any atom is 0.123 e. The Hall–Kier alpha value is -1.30. The van der Waals surface area contributed by atoms with Crippen molar-refractivity contribution in [2.45, 2.75) is 26.5 Å². The van der Waals surface area contributed by atoms with Crippen molar-refractivity contribution in [3.05, 3.63) is 51.2 Å². The molecule has 1 aromatic heterocycles. The number of halogens is 1. The lowest BCUT2D eigenvalue weighted by molar-refractivity contribution is 0.181. The molecule has 1 N–H and O–H groups in total. The van der Waals surface area contributed by atoms with Crippen LogP contribution in [0.2, 0.25) is 0 Å². The van der Waals surface area contributed by atoms with Crippen LogP contribution in [0.25, 0.3) is 0 Å². The number of benzene rings is 1. The van der Waals surface area contributed by atoms with Gasteiger partial charge >= 0.3 is 0 Å². The van der Waals surface area contributed by atoms with Gasteiger partial charge in [0.1, 0.15) is 5.82 Å². The number of nitrogens with one attached hydrogen (secondary N) is 1. The molecular formula is C15H19FN2OS. The van der Waals surface area contributed by atoms with Crippen LogP contribution in [0.5, 0.6) is 0 Å². The van der Waals surface area contributed by atoms with E-state index in [1.807, 2.05) is 6.07 Å². The molecule has 0 radical (unpaired) electrons. The van der Waals surface area contributed by atoms with Gasteiger partial charge in [0.15, 0.2) is 0 Å². The fourth-order valence-corrected chi connectivity index (χ4v) is 3.04. The first-order valence-electron chi connectivity index (χ1n) is 6.64. The highest BCUT2D eigenvalue weighted by molar-refractivity contribution is 7.11. The number of rotatable bonds is 7. The lowest BCUT2D eigenvalue weighted by Gasteiger charge is -2.00. The van der Waals surface area contributed by atoms with E-state index < -0.39 is 0 Å². The average molecular weight is 294 g/mol. The van der Waals surface area contributed by atoms with E-state index >= 15 is 0 Å². The van der Waals surface area contributed by atoms with Gasteiger partial charge in [-0.25, -0.2) is 9.37 Å². The zero-order valence-corrected chi connectivity index (χ0v) is 12.6. The normalized spacial score (nSPS) is 10.9. The maximum atomic E-state index is 13.2. The monoisotopic (exact) mass is 294 g/mol. The second-order valence-corrected chi connectivity index (χ2v) is 5.67. The Morgan fingerprint density at radius 1 is 1.40 bits per heavy atom. The molecule has 0 amide bonds. The van der Waals surface area contributed by atoms with E-state index in [4.69, 9.17) is 4.74 Å². The van der Waals surface area contributed by atoms with E-state index in [9.17, 15) is 4.39 Å². The van der Waals surface area contributed by atoms with Gasteiger partial charge in [0, 0.05) is 25.0 Å². The lowest BCUT2D eigenvalue weighted by Crippen LogP contribution is -2.12. The molecule has 2 rings (SSSR count). The van der Waals surface area contributed by atoms with Crippen molar-refractivity contribution in [1.29, 1.82) is 0 Å². The molecule has 1 aromatic carbocycles. The summed E-state index contributed by atoms with van der Waals surface area (Å²) in [6.07, 6.45) is 0.658. The third kappa shape index (κ3) is 4.10. The molecule has 0 spiro atoms. The average Bonchev–Trinajstić information content (AvgIpc) is 2.79. The van der Waals surface area contributed by atoms with Crippen molar-refractivity contribution < 1.29 is 9.13 Å². The highest BCUT2D eigenvalue weighted by atomic mass is 32.1. The van der Waals surface area contributed by atoms with E-state index in [0.29, 0.717) is 13.0 Å². The van der Waals surface area contributed by atoms with Crippen LogP contribution in [-0.2, 0) is 24.3 Å². The smallest absolute Gasteiger partial charge is 0.123 e. The number of thiazole rings is 1. The molecule has 0 saturated carbocycles. The Labute approximate surface area is 122 Å². The summed E-state index contributed by atoms with van der Waals surface area (Å²) < 4.78 is 18.4. The highest BCUT2D eigenvalue weighted by Gasteiger charge is 2.11. The number of methoxy groups -OCH3 is 1. The number of ether oxygens (including phenoxy) is 1. The van der Waals surface area contributed by atoms with Gasteiger partial charge in [0.2, 0.25) is 0 Å². The molecule has 1 heterocycles. The molecule has 0 saturated heterocycles. The van der Waals surface area contributed by atoms with Gasteiger partial charge in [-0.05, 0) is 24.2 Å². The Morgan fingerprint density at radius 3 is 2.95 bits per heavy atom. The standard InChI is InChI=1S/C15H19FN2OS/c1-3-17-9-14-13(10-19-2)18-15(20-14)8-11-5-4-6-12(16)7-11/h4-7,17H,3,8-10H2,1-2H3. The molecule has 3 nitrogen and oxygen atoms in total. The van der Waals surface area contributed by atoms with Crippen LogP contribution in [0.3, 0.4) is 0 Å². The zero-order valence-electron chi connectivity index (χ0n) is 11.8. The number of hydrogen-bond acceptors (Lipinski definition) is 4. The molecule has 20 heavy (non-hydrogen) atoms. The van der Waals surface area contributed by atoms with E-state index in [1.165, 1.54) is 10.9 Å². The summed E-state index contributed by atoms with van der Waals surface area (Å²) in [4.78, 5) is 5.80. The van der Waals surface area contributed by atoms with Crippen molar-refractivity contribution in [2.75, 3.05) is 13.7 Å². The molecule has 0 aliphatic heterocycles. The van der Waals surface area contributed by atoms with E-state index in [2.05, 4.69) is 17.2 Å². The Balaban J connectivity index is 2.15. The Bertz CT molecular complexity index is 557. The minimum atomic E-state index is -0.205. The van der Waals surface area contributed by atoms with Crippen LogP contribution < -0.4 is 5.32 Å². The third-order valence-electron chi connectivity index (χ3n) is 2.88. The molecule has 0 atom stereocenters. The van der Waals surface area contributed by atoms with Crippen molar-refractivity contribution in [1.82, 2.24) is 10.3 Å². The quantitative estimate of drug-likeness (QED) is 0.852. The number of aromatic nitrogens is 1. The first kappa shape index (κ1) is 15.1. The first-order valence-corrected chi connectivity index (χ1v) is 7.46. The highest BCUT2D eigenvalue weighted by Crippen LogP contribution is 2.22. The van der Waals surface area contributed by atoms with Gasteiger partial charge in [-0.2, -0.15) is 0 Å². The van der Waals surface area contributed by atoms with Gasteiger partial charge < -0.3 is 10.1 Å². The number of hydrogen-bond donors (Lipinski definition) is 1. The molecule has 0 aliphatic rings.